The average molecular weight is 591 g/mol. The van der Waals surface area contributed by atoms with Gasteiger partial charge in [0.05, 0.1) is 0 Å². The quantitative estimate of drug-likeness (QED) is 0.284. The number of nitrogens with zero attached hydrogens (tertiary/aromatic N) is 2. The fourth-order valence-electron chi connectivity index (χ4n) is 2.10. The second kappa shape index (κ2) is 16.5. The largest absolute Gasteiger partial charge is 2.00 e. The molecule has 0 fully saturated rings. The summed E-state index contributed by atoms with van der Waals surface area (Å²) in [5, 5.41) is 0. The molecule has 0 bridgehead atoms. The van der Waals surface area contributed by atoms with Crippen molar-refractivity contribution in [3.05, 3.63) is 8.78 Å². The maximum absolute atomic E-state index is 5.05. The molecule has 0 aromatic heterocycles. The fourth-order valence-corrected chi connectivity index (χ4v) is 22.2. The van der Waals surface area contributed by atoms with Gasteiger partial charge in [-0.1, -0.05) is 55.8 Å². The standard InChI is InChI=1S/2C9H26N2PSSi2.Mg/c2*1-12(2)9-13(10-14(3,4)5)11-15(6,7)8;/h2*9H2,1-8H3;/q2*-1;+2/p+4. The second-order valence-corrected chi connectivity index (χ2v) is 42.0. The SMILES string of the molecule is C[PH+](C)C/[S@]([N-][Si](C)(C)C)=[NH+]\[Si](C)(C)C.C[PH+](C)C/[S@]([N-][Si](C)(C)C)=[NH+]\[Si](C)(C)C.[Mg+2]. The molecule has 0 aliphatic carbocycles. The maximum atomic E-state index is 5.05. The third-order valence-electron chi connectivity index (χ3n) is 2.47. The Bertz CT molecular complexity index is 519. The number of hydrogen-bond donors (Lipinski definition) is 2. The van der Waals surface area contributed by atoms with E-state index in [1.165, 1.54) is 11.0 Å². The van der Waals surface area contributed by atoms with Crippen LogP contribution >= 0.6 is 15.8 Å². The fraction of sp³-hybridized carbons (Fsp3) is 1.00. The third-order valence-corrected chi connectivity index (χ3v) is 22.2. The maximum Gasteiger partial charge on any atom is 2.00 e. The van der Waals surface area contributed by atoms with E-state index in [1.807, 2.05) is 0 Å². The zero-order chi connectivity index (χ0) is 24.6. The van der Waals surface area contributed by atoms with Crippen molar-refractivity contribution in [3.63, 3.8) is 0 Å². The number of rotatable bonds is 10. The van der Waals surface area contributed by atoms with Gasteiger partial charge in [-0.15, -0.1) is 0 Å². The van der Waals surface area contributed by atoms with E-state index < -0.39 is 32.9 Å². The molecule has 31 heavy (non-hydrogen) atoms. The summed E-state index contributed by atoms with van der Waals surface area (Å²) in [6, 6.07) is 0. The minimum atomic E-state index is -1.27. The molecule has 0 heterocycles. The van der Waals surface area contributed by atoms with Crippen LogP contribution < -0.4 is 8.06 Å². The Hall–Kier alpha value is 2.71. The van der Waals surface area contributed by atoms with Gasteiger partial charge in [-0.05, 0) is 61.0 Å². The van der Waals surface area contributed by atoms with Crippen LogP contribution in [0.1, 0.15) is 0 Å². The van der Waals surface area contributed by atoms with Crippen LogP contribution in [0.3, 0.4) is 0 Å². The van der Waals surface area contributed by atoms with Crippen LogP contribution in [0, 0.1) is 0 Å². The molecule has 0 radical (unpaired) electrons. The molecule has 0 amide bonds. The summed E-state index contributed by atoms with van der Waals surface area (Å²) < 4.78 is 17.7. The summed E-state index contributed by atoms with van der Waals surface area (Å²) in [6.45, 7) is 37.7. The van der Waals surface area contributed by atoms with E-state index >= 15 is 0 Å². The Morgan fingerprint density at radius 1 is 0.548 bits per heavy atom. The smallest absolute Gasteiger partial charge is 0.558 e. The van der Waals surface area contributed by atoms with E-state index in [1.54, 1.807) is 0 Å². The Labute approximate surface area is 224 Å². The molecule has 13 heteroatoms. The van der Waals surface area contributed by atoms with Crippen LogP contribution in [0.25, 0.3) is 8.78 Å². The van der Waals surface area contributed by atoms with Crippen LogP contribution in [0.2, 0.25) is 78.6 Å². The van der Waals surface area contributed by atoms with Gasteiger partial charge in [0.25, 0.3) is 0 Å². The molecular weight excluding hydrogens is 535 g/mol. The van der Waals surface area contributed by atoms with Crippen molar-refractivity contribution in [2.45, 2.75) is 78.6 Å². The molecule has 0 spiro atoms. The number of hydrogen-bond acceptors (Lipinski definition) is 0. The molecule has 2 atom stereocenters. The van der Waals surface area contributed by atoms with Crippen LogP contribution in [0.15, 0.2) is 0 Å². The van der Waals surface area contributed by atoms with Crippen LogP contribution in [0.5, 0.6) is 0 Å². The first-order chi connectivity index (χ1) is 13.0. The van der Waals surface area contributed by atoms with Crippen molar-refractivity contribution >= 4 is 93.6 Å². The molecule has 0 saturated carbocycles. The minimum Gasteiger partial charge on any atom is -0.558 e. The summed E-state index contributed by atoms with van der Waals surface area (Å²) in [6.07, 6.45) is 0. The Kier molecular flexibility index (Phi) is 20.3. The first-order valence-corrected chi connectivity index (χ1v) is 33.0. The summed E-state index contributed by atoms with van der Waals surface area (Å²) >= 11 is 0. The van der Waals surface area contributed by atoms with Gasteiger partial charge < -0.3 is 16.8 Å². The molecule has 0 aromatic carbocycles. The van der Waals surface area contributed by atoms with Gasteiger partial charge in [-0.3, -0.25) is 0 Å². The predicted octanol–water partition coefficient (Wildman–Crippen LogP) is 4.14. The Morgan fingerprint density at radius 3 is 0.903 bits per heavy atom. The summed E-state index contributed by atoms with van der Waals surface area (Å²) in [5.74, 6) is 0. The van der Waals surface area contributed by atoms with Crippen LogP contribution in [0.4, 0.5) is 0 Å². The second-order valence-electron chi connectivity index (χ2n) is 12.7. The van der Waals surface area contributed by atoms with Gasteiger partial charge in [-0.2, -0.15) is 0 Å². The molecular formula is C18H56MgN4P2S2Si4+4. The molecule has 0 aromatic rings. The summed E-state index contributed by atoms with van der Waals surface area (Å²) in [5.41, 5.74) is 2.61. The molecule has 0 saturated heterocycles. The first kappa shape index (κ1) is 38.2. The summed E-state index contributed by atoms with van der Waals surface area (Å²) in [7, 11) is -4.96. The van der Waals surface area contributed by atoms with Crippen molar-refractivity contribution in [3.8, 4) is 0 Å². The van der Waals surface area contributed by atoms with Crippen molar-refractivity contribution in [2.24, 2.45) is 0 Å². The van der Waals surface area contributed by atoms with Crippen molar-refractivity contribution in [1.82, 2.24) is 0 Å². The minimum absolute atomic E-state index is 0. The molecule has 0 aliphatic heterocycles. The van der Waals surface area contributed by atoms with Crippen molar-refractivity contribution < 1.29 is 8.06 Å². The molecule has 0 unspecified atom stereocenters. The van der Waals surface area contributed by atoms with Crippen LogP contribution in [-0.2, 0) is 21.8 Å². The first-order valence-electron chi connectivity index (χ1n) is 11.0. The van der Waals surface area contributed by atoms with E-state index in [2.05, 4.69) is 113 Å². The van der Waals surface area contributed by atoms with Gasteiger partial charge in [0.2, 0.25) is 0 Å². The van der Waals surface area contributed by atoms with E-state index in [0.29, 0.717) is 0 Å². The van der Waals surface area contributed by atoms with E-state index in [4.69, 9.17) is 8.78 Å². The monoisotopic (exact) mass is 590 g/mol. The van der Waals surface area contributed by atoms with Crippen LogP contribution in [-0.4, -0.2) is 93.6 Å². The molecule has 0 aliphatic rings. The summed E-state index contributed by atoms with van der Waals surface area (Å²) in [4.78, 5) is 0. The van der Waals surface area contributed by atoms with Crippen molar-refractivity contribution in [2.75, 3.05) is 37.6 Å². The zero-order valence-electron chi connectivity index (χ0n) is 23.8. The van der Waals surface area contributed by atoms with Crippen molar-refractivity contribution in [1.29, 1.82) is 0 Å². The Morgan fingerprint density at radius 2 is 0.774 bits per heavy atom. The van der Waals surface area contributed by atoms with Gasteiger partial charge in [0.1, 0.15) is 11.0 Å². The van der Waals surface area contributed by atoms with Gasteiger partial charge in [-0.25, -0.2) is 0 Å². The molecule has 184 valence electrons. The van der Waals surface area contributed by atoms with Gasteiger partial charge in [0.15, 0.2) is 0 Å². The molecule has 2 N–H and O–H groups in total. The third kappa shape index (κ3) is 32.7. The zero-order valence-corrected chi connectivity index (χ0v) is 32.9. The normalized spacial score (nSPS) is 15.5. The number of nitrogens with one attached hydrogen (secondary N) is 2. The van der Waals surface area contributed by atoms with E-state index in [9.17, 15) is 0 Å². The molecule has 4 nitrogen and oxygen atoms in total. The van der Waals surface area contributed by atoms with E-state index in [-0.39, 0.29) is 60.7 Å². The van der Waals surface area contributed by atoms with Gasteiger partial charge >= 0.3 is 39.5 Å². The Balaban J connectivity index is -0.000000490. The van der Waals surface area contributed by atoms with Gasteiger partial charge in [0, 0.05) is 42.5 Å². The predicted molar refractivity (Wildman–Crippen MR) is 173 cm³/mol. The van der Waals surface area contributed by atoms with E-state index in [0.717, 1.165) is 0 Å². The molecule has 0 rings (SSSR count). The topological polar surface area (TPSA) is 56.1 Å². The average Bonchev–Trinajstić information content (AvgIpc) is 2.27.